The second kappa shape index (κ2) is 6.03. The summed E-state index contributed by atoms with van der Waals surface area (Å²) < 4.78 is 40.0. The molecule has 21 heavy (non-hydrogen) atoms. The first-order chi connectivity index (χ1) is 9.79. The predicted molar refractivity (Wildman–Crippen MR) is 73.3 cm³/mol. The molecule has 0 radical (unpaired) electrons. The number of rotatable bonds is 4. The average Bonchev–Trinajstić information content (AvgIpc) is 2.84. The van der Waals surface area contributed by atoms with Gasteiger partial charge in [0.15, 0.2) is 0 Å². The van der Waals surface area contributed by atoms with E-state index in [0.717, 1.165) is 6.07 Å². The van der Waals surface area contributed by atoms with Crippen LogP contribution >= 0.6 is 11.6 Å². The number of nitrogens with zero attached hydrogens (tertiary/aromatic N) is 3. The van der Waals surface area contributed by atoms with Crippen LogP contribution in [-0.4, -0.2) is 21.0 Å². The molecule has 1 aromatic carbocycles. The minimum atomic E-state index is -4.51. The second-order valence-electron chi connectivity index (χ2n) is 4.83. The summed E-state index contributed by atoms with van der Waals surface area (Å²) in [5.41, 5.74) is 0.0452. The van der Waals surface area contributed by atoms with Crippen LogP contribution in [0, 0.1) is 0 Å². The normalized spacial score (nSPS) is 12.1. The Hall–Kier alpha value is -1.60. The number of halogens is 4. The van der Waals surface area contributed by atoms with Gasteiger partial charge in [-0.25, -0.2) is 4.68 Å². The maximum Gasteiger partial charge on any atom is 0.417 e. The molecular formula is C13H14ClF3N4. The molecule has 1 N–H and O–H groups in total. The second-order valence-corrected chi connectivity index (χ2v) is 5.24. The van der Waals surface area contributed by atoms with Crippen molar-refractivity contribution in [2.75, 3.05) is 0 Å². The van der Waals surface area contributed by atoms with Gasteiger partial charge in [0, 0.05) is 12.6 Å². The molecule has 1 aromatic heterocycles. The largest absolute Gasteiger partial charge is 0.417 e. The van der Waals surface area contributed by atoms with E-state index >= 15 is 0 Å². The highest BCUT2D eigenvalue weighted by Crippen LogP contribution is 2.35. The SMILES string of the molecule is CC(C)NCc1cnnn1-c1ccc(Cl)c(C(F)(F)F)c1. The molecular weight excluding hydrogens is 305 g/mol. The zero-order valence-corrected chi connectivity index (χ0v) is 12.2. The van der Waals surface area contributed by atoms with Gasteiger partial charge in [0.2, 0.25) is 0 Å². The molecule has 0 spiro atoms. The molecule has 0 saturated heterocycles. The van der Waals surface area contributed by atoms with Crippen molar-refractivity contribution in [2.24, 2.45) is 0 Å². The maximum atomic E-state index is 12.9. The van der Waals surface area contributed by atoms with Crippen LogP contribution in [0.1, 0.15) is 25.1 Å². The van der Waals surface area contributed by atoms with E-state index < -0.39 is 11.7 Å². The third-order valence-electron chi connectivity index (χ3n) is 2.81. The maximum absolute atomic E-state index is 12.9. The Bertz CT molecular complexity index is 622. The van der Waals surface area contributed by atoms with E-state index in [0.29, 0.717) is 12.2 Å². The number of benzene rings is 1. The molecule has 1 heterocycles. The summed E-state index contributed by atoms with van der Waals surface area (Å²) >= 11 is 5.61. The summed E-state index contributed by atoms with van der Waals surface area (Å²) in [4.78, 5) is 0. The lowest BCUT2D eigenvalue weighted by atomic mass is 10.2. The summed E-state index contributed by atoms with van der Waals surface area (Å²) in [6.07, 6.45) is -3.00. The van der Waals surface area contributed by atoms with Gasteiger partial charge in [-0.3, -0.25) is 0 Å². The molecule has 0 aliphatic heterocycles. The van der Waals surface area contributed by atoms with Gasteiger partial charge in [-0.2, -0.15) is 13.2 Å². The fraction of sp³-hybridized carbons (Fsp3) is 0.385. The highest BCUT2D eigenvalue weighted by atomic mass is 35.5. The molecule has 114 valence electrons. The molecule has 4 nitrogen and oxygen atoms in total. The van der Waals surface area contributed by atoms with E-state index in [-0.39, 0.29) is 16.8 Å². The van der Waals surface area contributed by atoms with E-state index in [1.54, 1.807) is 0 Å². The highest BCUT2D eigenvalue weighted by molar-refractivity contribution is 6.31. The van der Waals surface area contributed by atoms with Crippen molar-refractivity contribution in [1.29, 1.82) is 0 Å². The third kappa shape index (κ3) is 3.74. The van der Waals surface area contributed by atoms with Crippen LogP contribution < -0.4 is 5.32 Å². The fourth-order valence-corrected chi connectivity index (χ4v) is 1.99. The molecule has 0 amide bonds. The summed E-state index contributed by atoms with van der Waals surface area (Å²) in [5, 5.41) is 10.4. The zero-order chi connectivity index (χ0) is 15.6. The summed E-state index contributed by atoms with van der Waals surface area (Å²) in [7, 11) is 0. The van der Waals surface area contributed by atoms with Gasteiger partial charge in [-0.15, -0.1) is 5.10 Å². The Labute approximate surface area is 124 Å². The average molecular weight is 319 g/mol. The van der Waals surface area contributed by atoms with E-state index in [9.17, 15) is 13.2 Å². The van der Waals surface area contributed by atoms with Crippen LogP contribution in [0.25, 0.3) is 5.69 Å². The van der Waals surface area contributed by atoms with Crippen LogP contribution in [0.3, 0.4) is 0 Å². The number of hydrogen-bond donors (Lipinski definition) is 1. The molecule has 0 unspecified atom stereocenters. The van der Waals surface area contributed by atoms with E-state index in [2.05, 4.69) is 15.6 Å². The minimum Gasteiger partial charge on any atom is -0.309 e. The van der Waals surface area contributed by atoms with Gasteiger partial charge in [-0.1, -0.05) is 30.7 Å². The van der Waals surface area contributed by atoms with Gasteiger partial charge >= 0.3 is 6.18 Å². The van der Waals surface area contributed by atoms with Crippen molar-refractivity contribution in [2.45, 2.75) is 32.6 Å². The van der Waals surface area contributed by atoms with Gasteiger partial charge in [-0.05, 0) is 18.2 Å². The molecule has 0 fully saturated rings. The topological polar surface area (TPSA) is 42.7 Å². The van der Waals surface area contributed by atoms with E-state index in [1.807, 2.05) is 13.8 Å². The molecule has 0 aliphatic carbocycles. The number of alkyl halides is 3. The number of nitrogens with one attached hydrogen (secondary N) is 1. The zero-order valence-electron chi connectivity index (χ0n) is 11.4. The standard InChI is InChI=1S/C13H14ClF3N4/c1-8(2)18-6-10-7-19-20-21(10)9-3-4-12(14)11(5-9)13(15,16)17/h3-5,7-8,18H,6H2,1-2H3. The lowest BCUT2D eigenvalue weighted by molar-refractivity contribution is -0.137. The molecule has 0 bridgehead atoms. The first kappa shape index (κ1) is 15.8. The molecule has 2 rings (SSSR count). The Morgan fingerprint density at radius 2 is 2.05 bits per heavy atom. The summed E-state index contributed by atoms with van der Waals surface area (Å²) in [6, 6.07) is 3.89. The van der Waals surface area contributed by atoms with Crippen LogP contribution in [0.5, 0.6) is 0 Å². The minimum absolute atomic E-state index is 0.240. The van der Waals surface area contributed by atoms with Gasteiger partial charge in [0.05, 0.1) is 28.2 Å². The van der Waals surface area contributed by atoms with Gasteiger partial charge in [0.25, 0.3) is 0 Å². The Morgan fingerprint density at radius 1 is 1.33 bits per heavy atom. The van der Waals surface area contributed by atoms with Crippen molar-refractivity contribution in [1.82, 2.24) is 20.3 Å². The monoisotopic (exact) mass is 318 g/mol. The first-order valence-electron chi connectivity index (χ1n) is 6.29. The lowest BCUT2D eigenvalue weighted by Gasteiger charge is -2.13. The molecule has 0 saturated carbocycles. The van der Waals surface area contributed by atoms with Crippen LogP contribution in [0.4, 0.5) is 13.2 Å². The Morgan fingerprint density at radius 3 is 2.67 bits per heavy atom. The van der Waals surface area contributed by atoms with Crippen LogP contribution in [0.15, 0.2) is 24.4 Å². The van der Waals surface area contributed by atoms with Crippen molar-refractivity contribution < 1.29 is 13.2 Å². The van der Waals surface area contributed by atoms with Gasteiger partial charge in [0.1, 0.15) is 0 Å². The molecule has 0 aliphatic rings. The number of aromatic nitrogens is 3. The Balaban J connectivity index is 2.37. The Kier molecular flexibility index (Phi) is 4.53. The van der Waals surface area contributed by atoms with Crippen molar-refractivity contribution in [3.05, 3.63) is 40.7 Å². The van der Waals surface area contributed by atoms with Crippen LogP contribution in [-0.2, 0) is 12.7 Å². The quantitative estimate of drug-likeness (QED) is 0.939. The summed E-state index contributed by atoms with van der Waals surface area (Å²) in [5.74, 6) is 0. The predicted octanol–water partition coefficient (Wildman–Crippen LogP) is 3.44. The first-order valence-corrected chi connectivity index (χ1v) is 6.67. The molecule has 2 aromatic rings. The fourth-order valence-electron chi connectivity index (χ4n) is 1.77. The van der Waals surface area contributed by atoms with Crippen LogP contribution in [0.2, 0.25) is 5.02 Å². The summed E-state index contributed by atoms with van der Waals surface area (Å²) in [6.45, 7) is 4.39. The lowest BCUT2D eigenvalue weighted by Crippen LogP contribution is -2.23. The highest BCUT2D eigenvalue weighted by Gasteiger charge is 2.33. The van der Waals surface area contributed by atoms with Crippen molar-refractivity contribution >= 4 is 11.6 Å². The van der Waals surface area contributed by atoms with Crippen molar-refractivity contribution in [3.63, 3.8) is 0 Å². The van der Waals surface area contributed by atoms with E-state index in [1.165, 1.54) is 23.0 Å². The molecule has 0 atom stereocenters. The molecule has 8 heteroatoms. The number of hydrogen-bond acceptors (Lipinski definition) is 3. The smallest absolute Gasteiger partial charge is 0.309 e. The van der Waals surface area contributed by atoms with E-state index in [4.69, 9.17) is 11.6 Å². The van der Waals surface area contributed by atoms with Gasteiger partial charge < -0.3 is 5.32 Å². The third-order valence-corrected chi connectivity index (χ3v) is 3.14. The van der Waals surface area contributed by atoms with Crippen molar-refractivity contribution in [3.8, 4) is 5.69 Å².